The lowest BCUT2D eigenvalue weighted by Gasteiger charge is -2.19. The molecule has 3 aromatic rings. The summed E-state index contributed by atoms with van der Waals surface area (Å²) in [5.74, 6) is 0.220. The second-order valence-electron chi connectivity index (χ2n) is 10.00. The summed E-state index contributed by atoms with van der Waals surface area (Å²) in [4.78, 5) is 24.6. The summed E-state index contributed by atoms with van der Waals surface area (Å²) in [5, 5.41) is 15.2. The molecule has 0 aliphatic rings. The third-order valence-electron chi connectivity index (χ3n) is 5.86. The molecule has 0 aliphatic heterocycles. The Bertz CT molecular complexity index is 1310. The van der Waals surface area contributed by atoms with Crippen LogP contribution in [-0.2, 0) is 34.4 Å². The largest absolute Gasteiger partial charge is 0.402 e. The zero-order valence-electron chi connectivity index (χ0n) is 22.6. The summed E-state index contributed by atoms with van der Waals surface area (Å²) in [5.41, 5.74) is 19.2. The average Bonchev–Trinajstić information content (AvgIpc) is 3.32. The van der Waals surface area contributed by atoms with Gasteiger partial charge in [0.1, 0.15) is 5.01 Å². The van der Waals surface area contributed by atoms with Crippen LogP contribution in [0.1, 0.15) is 54.8 Å². The van der Waals surface area contributed by atoms with Gasteiger partial charge in [-0.05, 0) is 55.9 Å². The van der Waals surface area contributed by atoms with Crippen LogP contribution in [0.25, 0.3) is 0 Å². The van der Waals surface area contributed by atoms with Gasteiger partial charge in [0.2, 0.25) is 22.8 Å². The van der Waals surface area contributed by atoms with Gasteiger partial charge >= 0.3 is 0 Å². The molecule has 2 aromatic carbocycles. The van der Waals surface area contributed by atoms with E-state index in [0.717, 1.165) is 41.0 Å². The molecule has 2 amide bonds. The molecule has 0 bridgehead atoms. The van der Waals surface area contributed by atoms with Crippen molar-refractivity contribution in [3.63, 3.8) is 0 Å². The number of nitrogens with two attached hydrogens (primary N) is 2. The van der Waals surface area contributed by atoms with Crippen LogP contribution < -0.4 is 27.8 Å². The number of hydrogen-bond acceptors (Lipinski definition) is 7. The number of amides is 2. The Hall–Kier alpha value is -3.86. The third-order valence-corrected chi connectivity index (χ3v) is 6.76. The van der Waals surface area contributed by atoms with E-state index in [1.54, 1.807) is 12.2 Å². The minimum Gasteiger partial charge on any atom is -0.402 e. The first kappa shape index (κ1) is 29.7. The van der Waals surface area contributed by atoms with E-state index in [1.165, 1.54) is 11.3 Å². The molecule has 0 aliphatic carbocycles. The highest BCUT2D eigenvalue weighted by Gasteiger charge is 2.15. The summed E-state index contributed by atoms with van der Waals surface area (Å²) in [7, 11) is 0. The first-order chi connectivity index (χ1) is 18.6. The number of nitrogens with zero attached hydrogens (tertiary/aromatic N) is 2. The third kappa shape index (κ3) is 10.8. The van der Waals surface area contributed by atoms with Crippen molar-refractivity contribution in [2.24, 2.45) is 11.5 Å². The Balaban J connectivity index is 1.36. The number of rotatable bonds is 13. The quantitative estimate of drug-likeness (QED) is 0.163. The van der Waals surface area contributed by atoms with Gasteiger partial charge < -0.3 is 22.5 Å². The number of benzene rings is 2. The molecule has 10 heteroatoms. The summed E-state index contributed by atoms with van der Waals surface area (Å²) in [6, 6.07) is 17.3. The lowest BCUT2D eigenvalue weighted by molar-refractivity contribution is -0.310. The maximum absolute atomic E-state index is 12.4. The molecule has 0 radical (unpaired) electrons. The molecule has 206 valence electrons. The smallest absolute Gasteiger partial charge is 0.232 e. The van der Waals surface area contributed by atoms with Crippen LogP contribution in [-0.4, -0.2) is 22.0 Å². The fourth-order valence-corrected chi connectivity index (χ4v) is 4.58. The Morgan fingerprint density at radius 2 is 1.69 bits per heavy atom. The van der Waals surface area contributed by atoms with E-state index < -0.39 is 5.54 Å². The van der Waals surface area contributed by atoms with Gasteiger partial charge in [-0.2, -0.15) is 0 Å². The minimum absolute atomic E-state index is 0.110. The molecule has 1 heterocycles. The highest BCUT2D eigenvalue weighted by atomic mass is 32.1. The standard InChI is InChI=1S/C29H37N7O2S/c1-29(2,32)22-12-8-11-21(17-22)19-25(37)33-24(31)16-15-23(30)13-6-7-14-27-35-36-28(39-27)34-26(38)18-20-9-4-3-5-10-20/h3-5,8-12,15-17H,6-7,13-14,18-19,30-32H2,1-2H3,(H,33,37)(H,34,36,38)/p+1/b23-15-,24-16+. The summed E-state index contributed by atoms with van der Waals surface area (Å²) < 4.78 is 0. The highest BCUT2D eigenvalue weighted by Crippen LogP contribution is 2.19. The monoisotopic (exact) mass is 548 g/mol. The van der Waals surface area contributed by atoms with Crippen LogP contribution in [0.2, 0.25) is 0 Å². The number of anilines is 1. The molecular weight excluding hydrogens is 510 g/mol. The predicted octanol–water partition coefficient (Wildman–Crippen LogP) is 2.91. The van der Waals surface area contributed by atoms with Crippen molar-refractivity contribution >= 4 is 28.3 Å². The molecule has 9 nitrogen and oxygen atoms in total. The van der Waals surface area contributed by atoms with Gasteiger partial charge in [0, 0.05) is 23.7 Å². The first-order valence-corrected chi connectivity index (χ1v) is 13.7. The van der Waals surface area contributed by atoms with E-state index >= 15 is 0 Å². The number of hydrogen-bond donors (Lipinski definition) is 5. The number of aromatic nitrogens is 2. The zero-order valence-corrected chi connectivity index (χ0v) is 23.4. The Labute approximate surface area is 233 Å². The van der Waals surface area contributed by atoms with E-state index in [-0.39, 0.29) is 18.2 Å². The molecule has 1 aromatic heterocycles. The van der Waals surface area contributed by atoms with Gasteiger partial charge in [0.25, 0.3) is 0 Å². The number of nitrogens with one attached hydrogen (secondary N) is 2. The molecule has 0 spiro atoms. The van der Waals surface area contributed by atoms with Crippen molar-refractivity contribution in [1.82, 2.24) is 15.5 Å². The topological polar surface area (TPSA) is 164 Å². The lowest BCUT2D eigenvalue weighted by atomic mass is 9.93. The summed E-state index contributed by atoms with van der Waals surface area (Å²) >= 11 is 1.39. The van der Waals surface area contributed by atoms with Gasteiger partial charge in [-0.1, -0.05) is 65.9 Å². The maximum Gasteiger partial charge on any atom is 0.232 e. The molecule has 0 unspecified atom stereocenters. The van der Waals surface area contributed by atoms with Crippen LogP contribution in [0.5, 0.6) is 0 Å². The SMILES string of the molecule is CC(C)(N)c1cccc(CC(=O)N/C([NH3+])=C/C=C(\N)CCCCc2nnc(NC(=O)Cc3ccccc3)s2)c1. The van der Waals surface area contributed by atoms with Gasteiger partial charge in [-0.3, -0.25) is 14.9 Å². The van der Waals surface area contributed by atoms with Gasteiger partial charge in [-0.15, -0.1) is 10.2 Å². The van der Waals surface area contributed by atoms with Crippen molar-refractivity contribution < 1.29 is 15.3 Å². The van der Waals surface area contributed by atoms with Crippen LogP contribution in [0.4, 0.5) is 5.13 Å². The Morgan fingerprint density at radius 3 is 2.44 bits per heavy atom. The van der Waals surface area contributed by atoms with Crippen LogP contribution in [0, 0.1) is 0 Å². The van der Waals surface area contributed by atoms with Crippen molar-refractivity contribution in [1.29, 1.82) is 0 Å². The number of carbonyl (C=O) groups is 2. The first-order valence-electron chi connectivity index (χ1n) is 12.9. The van der Waals surface area contributed by atoms with Gasteiger partial charge in [0.15, 0.2) is 0 Å². The van der Waals surface area contributed by atoms with Gasteiger partial charge in [0.05, 0.1) is 12.8 Å². The predicted molar refractivity (Wildman–Crippen MR) is 155 cm³/mol. The second-order valence-corrected chi connectivity index (χ2v) is 11.1. The highest BCUT2D eigenvalue weighted by molar-refractivity contribution is 7.15. The van der Waals surface area contributed by atoms with E-state index in [4.69, 9.17) is 11.5 Å². The maximum atomic E-state index is 12.4. The number of quaternary nitrogens is 1. The summed E-state index contributed by atoms with van der Waals surface area (Å²) in [6.07, 6.45) is 7.24. The van der Waals surface area contributed by atoms with Crippen molar-refractivity contribution in [3.8, 4) is 0 Å². The second kappa shape index (κ2) is 14.3. The molecule has 9 N–H and O–H groups in total. The molecule has 0 saturated carbocycles. The number of aryl methyl sites for hydroxylation is 1. The normalized spacial score (nSPS) is 12.3. The van der Waals surface area contributed by atoms with E-state index in [1.807, 2.05) is 68.4 Å². The van der Waals surface area contributed by atoms with Crippen molar-refractivity contribution in [2.75, 3.05) is 5.32 Å². The minimum atomic E-state index is -0.466. The fraction of sp³-hybridized carbons (Fsp3) is 0.310. The molecule has 0 fully saturated rings. The number of allylic oxidation sites excluding steroid dienone is 3. The van der Waals surface area contributed by atoms with Crippen LogP contribution >= 0.6 is 11.3 Å². The number of carbonyl (C=O) groups excluding carboxylic acids is 2. The lowest BCUT2D eigenvalue weighted by Crippen LogP contribution is -2.55. The summed E-state index contributed by atoms with van der Waals surface area (Å²) in [6.45, 7) is 3.86. The Morgan fingerprint density at radius 1 is 0.974 bits per heavy atom. The molecule has 39 heavy (non-hydrogen) atoms. The van der Waals surface area contributed by atoms with Crippen LogP contribution in [0.3, 0.4) is 0 Å². The molecule has 3 rings (SSSR count). The fourth-order valence-electron chi connectivity index (χ4n) is 3.78. The Kier molecular flexibility index (Phi) is 10.9. The van der Waals surface area contributed by atoms with Crippen molar-refractivity contribution in [2.45, 2.75) is 57.9 Å². The molecule has 0 saturated heterocycles. The average molecular weight is 549 g/mol. The van der Waals surface area contributed by atoms with E-state index in [0.29, 0.717) is 29.5 Å². The zero-order chi connectivity index (χ0) is 28.3. The van der Waals surface area contributed by atoms with Crippen LogP contribution in [0.15, 0.2) is 78.3 Å². The van der Waals surface area contributed by atoms with E-state index in [2.05, 4.69) is 26.6 Å². The van der Waals surface area contributed by atoms with Crippen molar-refractivity contribution in [3.05, 3.63) is 100.0 Å². The molecular formula is C29H38N7O2S+. The molecule has 0 atom stereocenters. The van der Waals surface area contributed by atoms with E-state index in [9.17, 15) is 9.59 Å². The van der Waals surface area contributed by atoms with Gasteiger partial charge in [-0.25, -0.2) is 0 Å². The number of unbranched alkanes of at least 4 members (excludes halogenated alkanes) is 1.